The number of nitrogens with one attached hydrogen (secondary N) is 1. The van der Waals surface area contributed by atoms with Gasteiger partial charge in [0.15, 0.2) is 0 Å². The van der Waals surface area contributed by atoms with Gasteiger partial charge in [0.25, 0.3) is 0 Å². The topological polar surface area (TPSA) is 67.9 Å². The van der Waals surface area contributed by atoms with Crippen LogP contribution in [0.3, 0.4) is 0 Å². The van der Waals surface area contributed by atoms with Crippen LogP contribution in [0.2, 0.25) is 0 Å². The maximum atomic E-state index is 13.1. The molecule has 6 nitrogen and oxygen atoms in total. The molecule has 1 atom stereocenters. The van der Waals surface area contributed by atoms with Crippen LogP contribution in [0.25, 0.3) is 0 Å². The van der Waals surface area contributed by atoms with E-state index in [-0.39, 0.29) is 10.9 Å². The fraction of sp³-hybridized carbons (Fsp3) is 0.600. The van der Waals surface area contributed by atoms with Crippen LogP contribution >= 0.6 is 0 Å². The highest BCUT2D eigenvalue weighted by molar-refractivity contribution is 7.89. The van der Waals surface area contributed by atoms with E-state index in [1.807, 2.05) is 6.92 Å². The fourth-order valence-corrected chi connectivity index (χ4v) is 4.64. The van der Waals surface area contributed by atoms with Crippen molar-refractivity contribution in [3.05, 3.63) is 18.2 Å². The average Bonchev–Trinajstić information content (AvgIpc) is 3.05. The van der Waals surface area contributed by atoms with Crippen molar-refractivity contribution >= 4 is 10.0 Å². The first kappa shape index (κ1) is 17.1. The molecule has 1 N–H and O–H groups in total. The minimum absolute atomic E-state index is 0.0131. The first-order valence-electron chi connectivity index (χ1n) is 7.49. The SMILES string of the molecule is CCCN(C1CCNC1)S(=O)(=O)c1cc(OC)ccc1OC. The number of ether oxygens (including phenoxy) is 2. The zero-order valence-corrected chi connectivity index (χ0v) is 14.1. The highest BCUT2D eigenvalue weighted by Crippen LogP contribution is 2.32. The number of rotatable bonds is 7. The van der Waals surface area contributed by atoms with Crippen molar-refractivity contribution in [3.8, 4) is 11.5 Å². The van der Waals surface area contributed by atoms with Crippen molar-refractivity contribution in [2.45, 2.75) is 30.7 Å². The van der Waals surface area contributed by atoms with Crippen LogP contribution in [0.1, 0.15) is 19.8 Å². The fourth-order valence-electron chi connectivity index (χ4n) is 2.72. The van der Waals surface area contributed by atoms with Crippen LogP contribution in [0.15, 0.2) is 23.1 Å². The van der Waals surface area contributed by atoms with Gasteiger partial charge in [-0.05, 0) is 31.5 Å². The molecule has 1 saturated heterocycles. The third kappa shape index (κ3) is 3.37. The smallest absolute Gasteiger partial charge is 0.247 e. The standard InChI is InChI=1S/C15H24N2O4S/c1-4-9-17(12-7-8-16-11-12)22(18,19)15-10-13(20-2)5-6-14(15)21-3/h5-6,10,12,16H,4,7-9,11H2,1-3H3. The Bertz CT molecular complexity index is 598. The molecule has 22 heavy (non-hydrogen) atoms. The molecule has 0 saturated carbocycles. The number of methoxy groups -OCH3 is 2. The highest BCUT2D eigenvalue weighted by Gasteiger charge is 2.34. The number of sulfonamides is 1. The van der Waals surface area contributed by atoms with Gasteiger partial charge in [-0.15, -0.1) is 0 Å². The number of benzene rings is 1. The van der Waals surface area contributed by atoms with Crippen molar-refractivity contribution in [1.29, 1.82) is 0 Å². The lowest BCUT2D eigenvalue weighted by Crippen LogP contribution is -2.42. The van der Waals surface area contributed by atoms with Crippen molar-refractivity contribution < 1.29 is 17.9 Å². The molecule has 7 heteroatoms. The maximum absolute atomic E-state index is 13.1. The molecular weight excluding hydrogens is 304 g/mol. The monoisotopic (exact) mass is 328 g/mol. The van der Waals surface area contributed by atoms with Gasteiger partial charge in [-0.25, -0.2) is 8.42 Å². The molecule has 1 aliphatic rings. The van der Waals surface area contributed by atoms with Gasteiger partial charge in [0.2, 0.25) is 10.0 Å². The van der Waals surface area contributed by atoms with Crippen molar-refractivity contribution in [3.63, 3.8) is 0 Å². The van der Waals surface area contributed by atoms with Gasteiger partial charge in [-0.2, -0.15) is 4.31 Å². The van der Waals surface area contributed by atoms with Gasteiger partial charge in [-0.1, -0.05) is 6.92 Å². The normalized spacial score (nSPS) is 18.6. The summed E-state index contributed by atoms with van der Waals surface area (Å²) in [5.74, 6) is 0.841. The third-order valence-corrected chi connectivity index (χ3v) is 5.82. The summed E-state index contributed by atoms with van der Waals surface area (Å²) in [6.07, 6.45) is 1.59. The van der Waals surface area contributed by atoms with Gasteiger partial charge < -0.3 is 14.8 Å². The van der Waals surface area contributed by atoms with E-state index in [0.29, 0.717) is 24.6 Å². The van der Waals surface area contributed by atoms with Gasteiger partial charge >= 0.3 is 0 Å². The Balaban J connectivity index is 2.46. The minimum atomic E-state index is -3.63. The largest absolute Gasteiger partial charge is 0.497 e. The van der Waals surface area contributed by atoms with E-state index < -0.39 is 10.0 Å². The molecule has 1 fully saturated rings. The summed E-state index contributed by atoms with van der Waals surface area (Å²) in [4.78, 5) is 0.162. The summed E-state index contributed by atoms with van der Waals surface area (Å²) in [5.41, 5.74) is 0. The maximum Gasteiger partial charge on any atom is 0.247 e. The Kier molecular flexibility index (Phi) is 5.66. The molecular formula is C15H24N2O4S. The van der Waals surface area contributed by atoms with E-state index in [1.165, 1.54) is 20.3 Å². The van der Waals surface area contributed by atoms with E-state index in [0.717, 1.165) is 19.4 Å². The lowest BCUT2D eigenvalue weighted by atomic mass is 10.2. The molecule has 0 bridgehead atoms. The molecule has 1 aromatic carbocycles. The predicted molar refractivity (Wildman–Crippen MR) is 85.0 cm³/mol. The van der Waals surface area contributed by atoms with Gasteiger partial charge in [0.1, 0.15) is 16.4 Å². The highest BCUT2D eigenvalue weighted by atomic mass is 32.2. The van der Waals surface area contributed by atoms with Crippen molar-refractivity contribution in [1.82, 2.24) is 9.62 Å². The van der Waals surface area contributed by atoms with Gasteiger partial charge in [0, 0.05) is 25.2 Å². The second-order valence-corrected chi connectivity index (χ2v) is 7.14. The Morgan fingerprint density at radius 2 is 2.09 bits per heavy atom. The molecule has 1 heterocycles. The number of nitrogens with zero attached hydrogens (tertiary/aromatic N) is 1. The Hall–Kier alpha value is -1.31. The molecule has 2 rings (SSSR count). The summed E-state index contributed by atoms with van der Waals surface area (Å²) in [7, 11) is -0.643. The number of hydrogen-bond donors (Lipinski definition) is 1. The quantitative estimate of drug-likeness (QED) is 0.821. The molecule has 0 spiro atoms. The first-order chi connectivity index (χ1) is 10.5. The van der Waals surface area contributed by atoms with Crippen LogP contribution < -0.4 is 14.8 Å². The molecule has 0 amide bonds. The zero-order chi connectivity index (χ0) is 16.2. The zero-order valence-electron chi connectivity index (χ0n) is 13.3. The van der Waals surface area contributed by atoms with Crippen molar-refractivity contribution in [2.75, 3.05) is 33.9 Å². The van der Waals surface area contributed by atoms with Crippen LogP contribution in [0.5, 0.6) is 11.5 Å². The van der Waals surface area contributed by atoms with Crippen LogP contribution in [-0.4, -0.2) is 52.6 Å². The Labute approximate surface area is 132 Å². The van der Waals surface area contributed by atoms with Crippen molar-refractivity contribution in [2.24, 2.45) is 0 Å². The third-order valence-electron chi connectivity index (χ3n) is 3.84. The summed E-state index contributed by atoms with van der Waals surface area (Å²) in [5, 5.41) is 3.22. The lowest BCUT2D eigenvalue weighted by molar-refractivity contribution is 0.331. The summed E-state index contributed by atoms with van der Waals surface area (Å²) in [6, 6.07) is 4.84. The molecule has 0 aromatic heterocycles. The first-order valence-corrected chi connectivity index (χ1v) is 8.93. The molecule has 0 radical (unpaired) electrons. The molecule has 1 unspecified atom stereocenters. The molecule has 0 aliphatic carbocycles. The minimum Gasteiger partial charge on any atom is -0.497 e. The molecule has 1 aromatic rings. The van der Waals surface area contributed by atoms with E-state index in [2.05, 4.69) is 5.32 Å². The summed E-state index contributed by atoms with van der Waals surface area (Å²) >= 11 is 0. The average molecular weight is 328 g/mol. The van der Waals surface area contributed by atoms with E-state index in [9.17, 15) is 8.42 Å². The predicted octanol–water partition coefficient (Wildman–Crippen LogP) is 1.47. The van der Waals surface area contributed by atoms with Crippen LogP contribution in [0.4, 0.5) is 0 Å². The van der Waals surface area contributed by atoms with Crippen LogP contribution in [0, 0.1) is 0 Å². The Morgan fingerprint density at radius 3 is 2.64 bits per heavy atom. The second-order valence-electron chi connectivity index (χ2n) is 5.28. The summed E-state index contributed by atoms with van der Waals surface area (Å²) < 4.78 is 38.2. The Morgan fingerprint density at radius 1 is 1.32 bits per heavy atom. The van der Waals surface area contributed by atoms with E-state index >= 15 is 0 Å². The summed E-state index contributed by atoms with van der Waals surface area (Å²) in [6.45, 7) is 4.00. The van der Waals surface area contributed by atoms with Gasteiger partial charge in [-0.3, -0.25) is 0 Å². The van der Waals surface area contributed by atoms with Gasteiger partial charge in [0.05, 0.1) is 14.2 Å². The van der Waals surface area contributed by atoms with Crippen LogP contribution in [-0.2, 0) is 10.0 Å². The lowest BCUT2D eigenvalue weighted by Gasteiger charge is -2.28. The molecule has 1 aliphatic heterocycles. The second kappa shape index (κ2) is 7.30. The number of hydrogen-bond acceptors (Lipinski definition) is 5. The van der Waals surface area contributed by atoms with E-state index in [1.54, 1.807) is 16.4 Å². The molecule has 124 valence electrons. The van der Waals surface area contributed by atoms with E-state index in [4.69, 9.17) is 9.47 Å².